The molecule has 1 aromatic carbocycles. The predicted octanol–water partition coefficient (Wildman–Crippen LogP) is 3.20. The van der Waals surface area contributed by atoms with Crippen LogP contribution in [0.5, 0.6) is 5.75 Å². The van der Waals surface area contributed by atoms with Gasteiger partial charge in [0.1, 0.15) is 12.3 Å². The molecular formula is C18H12F3N5O4. The Bertz CT molecular complexity index is 1230. The summed E-state index contributed by atoms with van der Waals surface area (Å²) < 4.78 is 52.1. The Hall–Kier alpha value is -3.96. The van der Waals surface area contributed by atoms with Gasteiger partial charge in [-0.05, 0) is 37.3 Å². The van der Waals surface area contributed by atoms with Crippen molar-refractivity contribution in [3.8, 4) is 28.6 Å². The normalized spacial score (nSPS) is 11.6. The van der Waals surface area contributed by atoms with E-state index >= 15 is 0 Å². The van der Waals surface area contributed by atoms with E-state index in [-0.39, 0.29) is 35.5 Å². The number of hydrogen-bond acceptors (Lipinski definition) is 8. The Balaban J connectivity index is 1.53. The second kappa shape index (κ2) is 7.46. The number of nitrogens with zero attached hydrogens (tertiary/aromatic N) is 5. The molecule has 4 aromatic rings. The third-order valence-corrected chi connectivity index (χ3v) is 3.88. The van der Waals surface area contributed by atoms with Crippen molar-refractivity contribution in [1.82, 2.24) is 24.8 Å². The molecule has 0 unspecified atom stereocenters. The van der Waals surface area contributed by atoms with Crippen LogP contribution in [0.4, 0.5) is 13.2 Å². The Morgan fingerprint density at radius 2 is 1.73 bits per heavy atom. The summed E-state index contributed by atoms with van der Waals surface area (Å²) in [5.74, 6) is 0.626. The maximum Gasteiger partial charge on any atom is 0.573 e. The highest BCUT2D eigenvalue weighted by Crippen LogP contribution is 2.25. The average molecular weight is 419 g/mol. The maximum absolute atomic E-state index is 12.2. The molecule has 0 amide bonds. The van der Waals surface area contributed by atoms with E-state index in [1.807, 2.05) is 0 Å². The predicted molar refractivity (Wildman–Crippen MR) is 94.2 cm³/mol. The van der Waals surface area contributed by atoms with Crippen molar-refractivity contribution in [1.29, 1.82) is 0 Å². The first kappa shape index (κ1) is 19.4. The number of rotatable bonds is 5. The zero-order valence-corrected chi connectivity index (χ0v) is 15.3. The lowest BCUT2D eigenvalue weighted by atomic mass is 10.2. The summed E-state index contributed by atoms with van der Waals surface area (Å²) in [4.78, 5) is 20.4. The molecular weight excluding hydrogens is 407 g/mol. The van der Waals surface area contributed by atoms with Crippen molar-refractivity contribution < 1.29 is 27.0 Å². The summed E-state index contributed by atoms with van der Waals surface area (Å²) in [6.07, 6.45) is -3.26. The fourth-order valence-corrected chi connectivity index (χ4v) is 2.58. The standard InChI is InChI=1S/C18H12F3N5O4/c1-10-22-17(30-24-10)12-4-7-15(27)26(8-12)9-14-23-16(25-29-14)11-2-5-13(6-3-11)28-18(19,20)21/h2-8H,9H2,1H3. The highest BCUT2D eigenvalue weighted by Gasteiger charge is 2.31. The Morgan fingerprint density at radius 3 is 2.40 bits per heavy atom. The number of halogens is 3. The van der Waals surface area contributed by atoms with E-state index in [9.17, 15) is 18.0 Å². The Morgan fingerprint density at radius 1 is 1.00 bits per heavy atom. The molecule has 154 valence electrons. The number of aryl methyl sites for hydroxylation is 1. The van der Waals surface area contributed by atoms with Crippen molar-refractivity contribution in [2.75, 3.05) is 0 Å². The smallest absolute Gasteiger partial charge is 0.406 e. The first-order valence-electron chi connectivity index (χ1n) is 8.47. The lowest BCUT2D eigenvalue weighted by Gasteiger charge is -2.08. The van der Waals surface area contributed by atoms with Crippen LogP contribution in [0.2, 0.25) is 0 Å². The third-order valence-electron chi connectivity index (χ3n) is 3.88. The van der Waals surface area contributed by atoms with Gasteiger partial charge in [-0.3, -0.25) is 4.79 Å². The second-order valence-electron chi connectivity index (χ2n) is 6.11. The highest BCUT2D eigenvalue weighted by atomic mass is 19.4. The summed E-state index contributed by atoms with van der Waals surface area (Å²) in [7, 11) is 0. The average Bonchev–Trinajstić information content (AvgIpc) is 3.32. The number of pyridine rings is 1. The van der Waals surface area contributed by atoms with Crippen molar-refractivity contribution >= 4 is 0 Å². The number of alkyl halides is 3. The van der Waals surface area contributed by atoms with E-state index in [0.29, 0.717) is 17.0 Å². The van der Waals surface area contributed by atoms with Gasteiger partial charge in [0.2, 0.25) is 11.7 Å². The summed E-state index contributed by atoms with van der Waals surface area (Å²) in [5.41, 5.74) is 0.639. The molecule has 0 aliphatic rings. The number of hydrogen-bond donors (Lipinski definition) is 0. The molecule has 4 rings (SSSR count). The molecule has 0 spiro atoms. The lowest BCUT2D eigenvalue weighted by molar-refractivity contribution is -0.274. The van der Waals surface area contributed by atoms with Gasteiger partial charge in [-0.15, -0.1) is 13.2 Å². The van der Waals surface area contributed by atoms with Gasteiger partial charge in [-0.1, -0.05) is 10.3 Å². The number of ether oxygens (including phenoxy) is 1. The molecule has 3 heterocycles. The van der Waals surface area contributed by atoms with Crippen molar-refractivity contribution in [2.45, 2.75) is 19.8 Å². The van der Waals surface area contributed by atoms with E-state index in [1.165, 1.54) is 29.0 Å². The van der Waals surface area contributed by atoms with Crippen LogP contribution >= 0.6 is 0 Å². The molecule has 0 bridgehead atoms. The minimum Gasteiger partial charge on any atom is -0.406 e. The highest BCUT2D eigenvalue weighted by molar-refractivity contribution is 5.55. The summed E-state index contributed by atoms with van der Waals surface area (Å²) in [5, 5.41) is 7.50. The SMILES string of the molecule is Cc1noc(-c2ccc(=O)n(Cc3nc(-c4ccc(OC(F)(F)F)cc4)no3)c2)n1. The van der Waals surface area contributed by atoms with Gasteiger partial charge < -0.3 is 18.4 Å². The first-order chi connectivity index (χ1) is 14.3. The van der Waals surface area contributed by atoms with E-state index in [0.717, 1.165) is 12.1 Å². The minimum atomic E-state index is -4.78. The summed E-state index contributed by atoms with van der Waals surface area (Å²) in [6.45, 7) is 1.65. The topological polar surface area (TPSA) is 109 Å². The zero-order chi connectivity index (χ0) is 21.3. The molecule has 12 heteroatoms. The van der Waals surface area contributed by atoms with Gasteiger partial charge in [0, 0.05) is 17.8 Å². The van der Waals surface area contributed by atoms with Gasteiger partial charge in [0.25, 0.3) is 11.4 Å². The van der Waals surface area contributed by atoms with Crippen LogP contribution in [0.3, 0.4) is 0 Å². The molecule has 3 aromatic heterocycles. The molecule has 9 nitrogen and oxygen atoms in total. The van der Waals surface area contributed by atoms with Gasteiger partial charge in [-0.2, -0.15) is 9.97 Å². The van der Waals surface area contributed by atoms with Crippen molar-refractivity contribution in [3.63, 3.8) is 0 Å². The summed E-state index contributed by atoms with van der Waals surface area (Å²) in [6, 6.07) is 7.89. The van der Waals surface area contributed by atoms with Crippen LogP contribution in [0.1, 0.15) is 11.7 Å². The van der Waals surface area contributed by atoms with Crippen molar-refractivity contribution in [3.05, 3.63) is 64.7 Å². The van der Waals surface area contributed by atoms with Gasteiger partial charge in [0.15, 0.2) is 5.82 Å². The Kier molecular flexibility index (Phi) is 4.82. The van der Waals surface area contributed by atoms with Gasteiger partial charge in [-0.25, -0.2) is 0 Å². The molecule has 0 radical (unpaired) electrons. The van der Waals surface area contributed by atoms with Crippen LogP contribution in [0.15, 0.2) is 56.4 Å². The fraction of sp³-hybridized carbons (Fsp3) is 0.167. The Labute approximate surface area is 165 Å². The largest absolute Gasteiger partial charge is 0.573 e. The van der Waals surface area contributed by atoms with Crippen LogP contribution in [0.25, 0.3) is 22.8 Å². The minimum absolute atomic E-state index is 0.0257. The van der Waals surface area contributed by atoms with Crippen LogP contribution in [-0.4, -0.2) is 31.2 Å². The zero-order valence-electron chi connectivity index (χ0n) is 15.3. The third kappa shape index (κ3) is 4.37. The van der Waals surface area contributed by atoms with E-state index in [1.54, 1.807) is 13.0 Å². The summed E-state index contributed by atoms with van der Waals surface area (Å²) >= 11 is 0. The molecule has 0 fully saturated rings. The molecule has 30 heavy (non-hydrogen) atoms. The molecule has 0 saturated heterocycles. The molecule has 0 aliphatic carbocycles. The monoisotopic (exact) mass is 419 g/mol. The van der Waals surface area contributed by atoms with Crippen LogP contribution in [-0.2, 0) is 6.54 Å². The lowest BCUT2D eigenvalue weighted by Crippen LogP contribution is -2.19. The number of benzene rings is 1. The van der Waals surface area contributed by atoms with Gasteiger partial charge in [0.05, 0.1) is 5.56 Å². The second-order valence-corrected chi connectivity index (χ2v) is 6.11. The van der Waals surface area contributed by atoms with Crippen molar-refractivity contribution in [2.24, 2.45) is 0 Å². The molecule has 0 N–H and O–H groups in total. The molecule has 0 atom stereocenters. The maximum atomic E-state index is 12.2. The molecule has 0 aliphatic heterocycles. The quantitative estimate of drug-likeness (QED) is 0.485. The van der Waals surface area contributed by atoms with E-state index in [4.69, 9.17) is 9.05 Å². The van der Waals surface area contributed by atoms with Gasteiger partial charge >= 0.3 is 6.36 Å². The first-order valence-corrected chi connectivity index (χ1v) is 8.47. The molecule has 0 saturated carbocycles. The fourth-order valence-electron chi connectivity index (χ4n) is 2.58. The van der Waals surface area contributed by atoms with Crippen LogP contribution in [0, 0.1) is 6.92 Å². The number of aromatic nitrogens is 5. The van der Waals surface area contributed by atoms with E-state index < -0.39 is 6.36 Å². The van der Waals surface area contributed by atoms with E-state index in [2.05, 4.69) is 25.0 Å². The van der Waals surface area contributed by atoms with Crippen LogP contribution < -0.4 is 10.3 Å².